The van der Waals surface area contributed by atoms with E-state index < -0.39 is 0 Å². The van der Waals surface area contributed by atoms with Crippen molar-refractivity contribution < 1.29 is 14.0 Å². The van der Waals surface area contributed by atoms with Gasteiger partial charge in [-0.1, -0.05) is 29.8 Å². The van der Waals surface area contributed by atoms with Crippen LogP contribution in [0.3, 0.4) is 0 Å². The van der Waals surface area contributed by atoms with E-state index in [1.807, 2.05) is 11.8 Å². The number of urea groups is 2. The molecule has 2 aromatic carbocycles. The van der Waals surface area contributed by atoms with E-state index >= 15 is 0 Å². The number of hydrogen-bond donors (Lipinski definition) is 2. The minimum absolute atomic E-state index is 0.0361. The molecule has 1 saturated heterocycles. The second-order valence-electron chi connectivity index (χ2n) is 7.65. The van der Waals surface area contributed by atoms with Gasteiger partial charge < -0.3 is 20.4 Å². The molecule has 1 aliphatic rings. The van der Waals surface area contributed by atoms with Crippen LogP contribution in [-0.4, -0.2) is 72.6 Å². The normalized spacial score (nSPS) is 14.2. The number of nitrogens with zero attached hydrogens (tertiary/aromatic N) is 3. The Hall–Kier alpha value is -2.84. The van der Waals surface area contributed by atoms with Gasteiger partial charge in [0.1, 0.15) is 5.82 Å². The van der Waals surface area contributed by atoms with Crippen LogP contribution in [0.4, 0.5) is 19.7 Å². The fraction of sp³-hybridized carbons (Fsp3) is 0.391. The van der Waals surface area contributed by atoms with E-state index in [0.717, 1.165) is 18.7 Å². The molecule has 2 N–H and O–H groups in total. The first-order valence-corrected chi connectivity index (χ1v) is 11.1. The summed E-state index contributed by atoms with van der Waals surface area (Å²) in [6.45, 7) is 6.83. The average molecular weight is 462 g/mol. The Bertz CT molecular complexity index is 904. The third-order valence-corrected chi connectivity index (χ3v) is 5.56. The van der Waals surface area contributed by atoms with Gasteiger partial charge in [0.25, 0.3) is 0 Å². The Morgan fingerprint density at radius 1 is 1.09 bits per heavy atom. The summed E-state index contributed by atoms with van der Waals surface area (Å²) in [7, 11) is 0. The second kappa shape index (κ2) is 11.7. The predicted molar refractivity (Wildman–Crippen MR) is 124 cm³/mol. The molecule has 172 valence electrons. The third kappa shape index (κ3) is 7.10. The molecule has 0 aromatic heterocycles. The number of anilines is 1. The van der Waals surface area contributed by atoms with E-state index in [0.29, 0.717) is 50.0 Å². The Balaban J connectivity index is 1.60. The molecule has 9 heteroatoms. The number of rotatable bonds is 7. The SMILES string of the molecule is CCNC(=O)N1CCN(CCN(Cc2ccc(F)cc2)C(=O)Nc2cccc(Cl)c2)CC1. The lowest BCUT2D eigenvalue weighted by Crippen LogP contribution is -2.53. The number of hydrogen-bond acceptors (Lipinski definition) is 3. The Morgan fingerprint density at radius 3 is 2.47 bits per heavy atom. The van der Waals surface area contributed by atoms with Crippen LogP contribution in [0.2, 0.25) is 5.02 Å². The van der Waals surface area contributed by atoms with Gasteiger partial charge in [-0.05, 0) is 42.8 Å². The van der Waals surface area contributed by atoms with E-state index in [1.54, 1.807) is 41.3 Å². The third-order valence-electron chi connectivity index (χ3n) is 5.32. The Morgan fingerprint density at radius 2 is 1.81 bits per heavy atom. The monoisotopic (exact) mass is 461 g/mol. The first kappa shape index (κ1) is 23.8. The van der Waals surface area contributed by atoms with Crippen molar-refractivity contribution in [3.05, 3.63) is 64.9 Å². The number of piperazine rings is 1. The maximum Gasteiger partial charge on any atom is 0.322 e. The number of benzene rings is 2. The highest BCUT2D eigenvalue weighted by atomic mass is 35.5. The highest BCUT2D eigenvalue weighted by Gasteiger charge is 2.22. The van der Waals surface area contributed by atoms with Gasteiger partial charge in [-0.3, -0.25) is 4.90 Å². The summed E-state index contributed by atoms with van der Waals surface area (Å²) in [6.07, 6.45) is 0. The quantitative estimate of drug-likeness (QED) is 0.658. The molecule has 3 rings (SSSR count). The lowest BCUT2D eigenvalue weighted by molar-refractivity contribution is 0.130. The van der Waals surface area contributed by atoms with E-state index in [-0.39, 0.29) is 17.9 Å². The summed E-state index contributed by atoms with van der Waals surface area (Å²) < 4.78 is 13.3. The van der Waals surface area contributed by atoms with Crippen LogP contribution in [0.5, 0.6) is 0 Å². The predicted octanol–water partition coefficient (Wildman–Crippen LogP) is 3.86. The van der Waals surface area contributed by atoms with Crippen molar-refractivity contribution in [3.63, 3.8) is 0 Å². The van der Waals surface area contributed by atoms with Gasteiger partial charge in [-0.25, -0.2) is 14.0 Å². The van der Waals surface area contributed by atoms with Crippen LogP contribution in [0.25, 0.3) is 0 Å². The van der Waals surface area contributed by atoms with E-state index in [9.17, 15) is 14.0 Å². The maximum absolute atomic E-state index is 13.3. The molecule has 0 unspecified atom stereocenters. The van der Waals surface area contributed by atoms with Gasteiger partial charge in [0.05, 0.1) is 0 Å². The van der Waals surface area contributed by atoms with Gasteiger partial charge in [-0.2, -0.15) is 0 Å². The van der Waals surface area contributed by atoms with Gasteiger partial charge in [0.2, 0.25) is 0 Å². The van der Waals surface area contributed by atoms with Crippen molar-refractivity contribution in [3.8, 4) is 0 Å². The molecule has 0 atom stereocenters. The fourth-order valence-electron chi connectivity index (χ4n) is 3.53. The van der Waals surface area contributed by atoms with Crippen LogP contribution >= 0.6 is 11.6 Å². The van der Waals surface area contributed by atoms with Gasteiger partial charge in [0.15, 0.2) is 0 Å². The highest BCUT2D eigenvalue weighted by molar-refractivity contribution is 6.30. The Labute approximate surface area is 193 Å². The highest BCUT2D eigenvalue weighted by Crippen LogP contribution is 2.16. The molecule has 0 bridgehead atoms. The zero-order valence-electron chi connectivity index (χ0n) is 18.2. The summed E-state index contributed by atoms with van der Waals surface area (Å²) in [5.41, 5.74) is 1.45. The average Bonchev–Trinajstić information content (AvgIpc) is 2.78. The van der Waals surface area contributed by atoms with Crippen molar-refractivity contribution in [1.82, 2.24) is 20.0 Å². The molecule has 32 heavy (non-hydrogen) atoms. The lowest BCUT2D eigenvalue weighted by Gasteiger charge is -2.35. The first-order chi connectivity index (χ1) is 15.4. The van der Waals surface area contributed by atoms with Crippen molar-refractivity contribution in [1.29, 1.82) is 0 Å². The molecule has 1 heterocycles. The van der Waals surface area contributed by atoms with Crippen LogP contribution < -0.4 is 10.6 Å². The summed E-state index contributed by atoms with van der Waals surface area (Å²) in [5.74, 6) is -0.311. The van der Waals surface area contributed by atoms with Crippen molar-refractivity contribution >= 4 is 29.4 Å². The van der Waals surface area contributed by atoms with Crippen LogP contribution in [0.1, 0.15) is 12.5 Å². The zero-order valence-corrected chi connectivity index (χ0v) is 18.9. The number of halogens is 2. The summed E-state index contributed by atoms with van der Waals surface area (Å²) in [6, 6.07) is 12.8. The summed E-state index contributed by atoms with van der Waals surface area (Å²) >= 11 is 6.03. The number of amides is 4. The minimum Gasteiger partial charge on any atom is -0.338 e. The number of nitrogens with one attached hydrogen (secondary N) is 2. The topological polar surface area (TPSA) is 67.9 Å². The molecule has 0 spiro atoms. The molecule has 7 nitrogen and oxygen atoms in total. The van der Waals surface area contributed by atoms with E-state index in [2.05, 4.69) is 15.5 Å². The second-order valence-corrected chi connectivity index (χ2v) is 8.09. The van der Waals surface area contributed by atoms with Crippen molar-refractivity contribution in [2.45, 2.75) is 13.5 Å². The molecular formula is C23H29ClFN5O2. The molecule has 4 amide bonds. The molecule has 0 saturated carbocycles. The van der Waals surface area contributed by atoms with Crippen LogP contribution in [-0.2, 0) is 6.54 Å². The summed E-state index contributed by atoms with van der Waals surface area (Å²) in [5, 5.41) is 6.25. The molecule has 2 aromatic rings. The van der Waals surface area contributed by atoms with Crippen molar-refractivity contribution in [2.24, 2.45) is 0 Å². The standard InChI is InChI=1S/C23H29ClFN5O2/c1-2-26-22(31)29-13-10-28(11-14-29)12-15-30(17-18-6-8-20(25)9-7-18)23(32)27-21-5-3-4-19(24)16-21/h3-9,16H,2,10-15,17H2,1H3,(H,26,31)(H,27,32). The maximum atomic E-state index is 13.3. The van der Waals surface area contributed by atoms with Gasteiger partial charge >= 0.3 is 12.1 Å². The smallest absolute Gasteiger partial charge is 0.322 e. The minimum atomic E-state index is -0.311. The van der Waals surface area contributed by atoms with Crippen molar-refractivity contribution in [2.75, 3.05) is 51.1 Å². The number of carbonyl (C=O) groups is 2. The van der Waals surface area contributed by atoms with Crippen LogP contribution in [0, 0.1) is 5.82 Å². The van der Waals surface area contributed by atoms with Crippen LogP contribution in [0.15, 0.2) is 48.5 Å². The molecule has 0 radical (unpaired) electrons. The van der Waals surface area contributed by atoms with E-state index in [1.165, 1.54) is 12.1 Å². The summed E-state index contributed by atoms with van der Waals surface area (Å²) in [4.78, 5) is 30.7. The zero-order chi connectivity index (χ0) is 22.9. The fourth-order valence-corrected chi connectivity index (χ4v) is 3.72. The lowest BCUT2D eigenvalue weighted by atomic mass is 10.2. The molecule has 1 aliphatic heterocycles. The first-order valence-electron chi connectivity index (χ1n) is 10.8. The van der Waals surface area contributed by atoms with Gasteiger partial charge in [0, 0.05) is 63.1 Å². The van der Waals surface area contributed by atoms with E-state index in [4.69, 9.17) is 11.6 Å². The van der Waals surface area contributed by atoms with Gasteiger partial charge in [-0.15, -0.1) is 0 Å². The molecular weight excluding hydrogens is 433 g/mol. The largest absolute Gasteiger partial charge is 0.338 e. The number of carbonyl (C=O) groups excluding carboxylic acids is 2. The molecule has 0 aliphatic carbocycles. The Kier molecular flexibility index (Phi) is 8.70. The molecule has 1 fully saturated rings.